The van der Waals surface area contributed by atoms with Gasteiger partial charge in [0.15, 0.2) is 0 Å². The molecule has 1 aliphatic heterocycles. The van der Waals surface area contributed by atoms with Crippen molar-refractivity contribution in [2.75, 3.05) is 23.3 Å². The largest absolute Gasteiger partial charge is 0.442 e. The van der Waals surface area contributed by atoms with Crippen LogP contribution in [0.25, 0.3) is 5.69 Å². The summed E-state index contributed by atoms with van der Waals surface area (Å²) in [6.45, 7) is 1.73. The smallest absolute Gasteiger partial charge is 0.414 e. The molecule has 3 amide bonds. The van der Waals surface area contributed by atoms with Gasteiger partial charge in [-0.15, -0.1) is 0 Å². The average molecular weight is 438 g/mol. The molecule has 0 spiro atoms. The zero-order chi connectivity index (χ0) is 22.7. The van der Waals surface area contributed by atoms with Gasteiger partial charge in [0.05, 0.1) is 24.5 Å². The Hall–Kier alpha value is -4.28. The van der Waals surface area contributed by atoms with Crippen molar-refractivity contribution in [3.63, 3.8) is 0 Å². The van der Waals surface area contributed by atoms with Gasteiger partial charge in [0.1, 0.15) is 23.9 Å². The SMILES string of the molecule is CC(=O)NCC1CN(c2ccc(-n3cnc(C(=O)Nc4ccncc4)c3)c(F)c2)C(=O)O1. The van der Waals surface area contributed by atoms with E-state index in [9.17, 15) is 18.8 Å². The highest BCUT2D eigenvalue weighted by atomic mass is 19.1. The second-order valence-corrected chi connectivity index (χ2v) is 7.05. The molecule has 0 aliphatic carbocycles. The van der Waals surface area contributed by atoms with Crippen molar-refractivity contribution in [3.05, 3.63) is 66.8 Å². The summed E-state index contributed by atoms with van der Waals surface area (Å²) in [5.74, 6) is -1.29. The van der Waals surface area contributed by atoms with E-state index < -0.39 is 23.9 Å². The van der Waals surface area contributed by atoms with E-state index >= 15 is 0 Å². The molecule has 4 rings (SSSR count). The van der Waals surface area contributed by atoms with Crippen molar-refractivity contribution in [3.8, 4) is 5.69 Å². The van der Waals surface area contributed by atoms with Gasteiger partial charge in [-0.25, -0.2) is 14.2 Å². The molecule has 2 N–H and O–H groups in total. The zero-order valence-corrected chi connectivity index (χ0v) is 17.0. The Balaban J connectivity index is 1.46. The second-order valence-electron chi connectivity index (χ2n) is 7.05. The minimum absolute atomic E-state index is 0.106. The molecular weight excluding hydrogens is 419 g/mol. The van der Waals surface area contributed by atoms with Crippen LogP contribution in [0, 0.1) is 5.82 Å². The Morgan fingerprint density at radius 2 is 2.03 bits per heavy atom. The lowest BCUT2D eigenvalue weighted by Gasteiger charge is -2.14. The van der Waals surface area contributed by atoms with Gasteiger partial charge < -0.3 is 19.9 Å². The molecule has 1 fully saturated rings. The van der Waals surface area contributed by atoms with E-state index in [2.05, 4.69) is 20.6 Å². The van der Waals surface area contributed by atoms with E-state index in [1.165, 1.54) is 41.0 Å². The third kappa shape index (κ3) is 4.56. The summed E-state index contributed by atoms with van der Waals surface area (Å²) in [5.41, 5.74) is 1.14. The quantitative estimate of drug-likeness (QED) is 0.609. The lowest BCUT2D eigenvalue weighted by atomic mass is 10.2. The minimum atomic E-state index is -0.620. The fourth-order valence-electron chi connectivity index (χ4n) is 3.17. The highest BCUT2D eigenvalue weighted by Gasteiger charge is 2.32. The summed E-state index contributed by atoms with van der Waals surface area (Å²) in [6, 6.07) is 7.52. The lowest BCUT2D eigenvalue weighted by molar-refractivity contribution is -0.119. The van der Waals surface area contributed by atoms with Crippen LogP contribution in [0.5, 0.6) is 0 Å². The van der Waals surface area contributed by atoms with E-state index in [-0.39, 0.29) is 30.4 Å². The lowest BCUT2D eigenvalue weighted by Crippen LogP contribution is -2.33. The van der Waals surface area contributed by atoms with Crippen molar-refractivity contribution in [2.45, 2.75) is 13.0 Å². The Kier molecular flexibility index (Phi) is 5.79. The predicted molar refractivity (Wildman–Crippen MR) is 112 cm³/mol. The number of rotatable bonds is 6. The van der Waals surface area contributed by atoms with Crippen LogP contribution in [0.1, 0.15) is 17.4 Å². The van der Waals surface area contributed by atoms with Crippen LogP contribution >= 0.6 is 0 Å². The maximum absolute atomic E-state index is 14.8. The molecule has 1 aromatic carbocycles. The number of nitrogens with zero attached hydrogens (tertiary/aromatic N) is 4. The van der Waals surface area contributed by atoms with Crippen LogP contribution in [0.15, 0.2) is 55.2 Å². The first-order valence-corrected chi connectivity index (χ1v) is 9.68. The molecule has 2 aromatic heterocycles. The number of hydrogen-bond acceptors (Lipinski definition) is 6. The van der Waals surface area contributed by atoms with Gasteiger partial charge in [0.25, 0.3) is 5.91 Å². The number of hydrogen-bond donors (Lipinski definition) is 2. The first kappa shape index (κ1) is 21.0. The van der Waals surface area contributed by atoms with Crippen molar-refractivity contribution < 1.29 is 23.5 Å². The van der Waals surface area contributed by atoms with Crippen LogP contribution < -0.4 is 15.5 Å². The van der Waals surface area contributed by atoms with Crippen LogP contribution in [-0.4, -0.2) is 51.6 Å². The standard InChI is InChI=1S/C21H19FN6O4/c1-13(29)24-9-16-10-28(21(31)32-16)15-2-3-19(17(22)8-15)27-11-18(25-12-27)20(30)26-14-4-6-23-7-5-14/h2-8,11-12,16H,9-10H2,1H3,(H,24,29)(H,23,26,30). The Morgan fingerprint density at radius 1 is 1.25 bits per heavy atom. The van der Waals surface area contributed by atoms with Crippen LogP contribution in [0.3, 0.4) is 0 Å². The number of cyclic esters (lactones) is 1. The molecule has 1 unspecified atom stereocenters. The number of anilines is 2. The Bertz CT molecular complexity index is 1170. The first-order valence-electron chi connectivity index (χ1n) is 9.68. The molecule has 1 aliphatic rings. The number of halogens is 1. The van der Waals surface area contributed by atoms with Gasteiger partial charge in [0, 0.05) is 31.2 Å². The van der Waals surface area contributed by atoms with E-state index in [4.69, 9.17) is 4.74 Å². The average Bonchev–Trinajstić information content (AvgIpc) is 3.40. The highest BCUT2D eigenvalue weighted by Crippen LogP contribution is 2.25. The second kappa shape index (κ2) is 8.84. The number of imidazole rings is 1. The molecule has 11 heteroatoms. The first-order chi connectivity index (χ1) is 15.4. The Morgan fingerprint density at radius 3 is 2.75 bits per heavy atom. The van der Waals surface area contributed by atoms with E-state index in [1.807, 2.05) is 0 Å². The highest BCUT2D eigenvalue weighted by molar-refractivity contribution is 6.02. The molecule has 164 valence electrons. The molecule has 1 saturated heterocycles. The zero-order valence-electron chi connectivity index (χ0n) is 17.0. The van der Waals surface area contributed by atoms with Gasteiger partial charge in [-0.2, -0.15) is 0 Å². The van der Waals surface area contributed by atoms with Gasteiger partial charge in [-0.05, 0) is 30.3 Å². The number of nitrogens with one attached hydrogen (secondary N) is 2. The summed E-state index contributed by atoms with van der Waals surface area (Å²) in [6.07, 6.45) is 4.68. The molecule has 10 nitrogen and oxygen atoms in total. The summed E-state index contributed by atoms with van der Waals surface area (Å²) < 4.78 is 21.4. The fraction of sp³-hybridized carbons (Fsp3) is 0.190. The number of aromatic nitrogens is 3. The van der Waals surface area contributed by atoms with E-state index in [1.54, 1.807) is 30.6 Å². The van der Waals surface area contributed by atoms with Crippen molar-refractivity contribution in [2.24, 2.45) is 0 Å². The monoisotopic (exact) mass is 438 g/mol. The number of pyridine rings is 1. The molecule has 3 aromatic rings. The van der Waals surface area contributed by atoms with Crippen molar-refractivity contribution in [1.29, 1.82) is 0 Å². The summed E-state index contributed by atoms with van der Waals surface area (Å²) in [7, 11) is 0. The van der Waals surface area contributed by atoms with Crippen LogP contribution in [0.2, 0.25) is 0 Å². The molecule has 1 atom stereocenters. The van der Waals surface area contributed by atoms with Gasteiger partial charge in [-0.1, -0.05) is 0 Å². The van der Waals surface area contributed by atoms with Crippen LogP contribution in [0.4, 0.5) is 20.6 Å². The van der Waals surface area contributed by atoms with Crippen LogP contribution in [-0.2, 0) is 9.53 Å². The third-order valence-corrected chi connectivity index (χ3v) is 4.73. The summed E-state index contributed by atoms with van der Waals surface area (Å²) >= 11 is 0. The maximum atomic E-state index is 14.8. The fourth-order valence-corrected chi connectivity index (χ4v) is 3.17. The van der Waals surface area contributed by atoms with Gasteiger partial charge in [0.2, 0.25) is 5.91 Å². The van der Waals surface area contributed by atoms with Crippen molar-refractivity contribution >= 4 is 29.3 Å². The van der Waals surface area contributed by atoms with Gasteiger partial charge >= 0.3 is 6.09 Å². The number of benzene rings is 1. The predicted octanol–water partition coefficient (Wildman–Crippen LogP) is 2.12. The summed E-state index contributed by atoms with van der Waals surface area (Å²) in [5, 5.41) is 5.26. The molecule has 0 bridgehead atoms. The summed E-state index contributed by atoms with van der Waals surface area (Å²) in [4.78, 5) is 44.7. The number of amides is 3. The molecule has 32 heavy (non-hydrogen) atoms. The topological polar surface area (TPSA) is 118 Å². The normalized spacial score (nSPS) is 15.4. The molecular formula is C21H19FN6O4. The molecule has 0 radical (unpaired) electrons. The minimum Gasteiger partial charge on any atom is -0.442 e. The molecule has 3 heterocycles. The van der Waals surface area contributed by atoms with Gasteiger partial charge in [-0.3, -0.25) is 19.5 Å². The van der Waals surface area contributed by atoms with E-state index in [0.29, 0.717) is 11.4 Å². The van der Waals surface area contributed by atoms with Crippen molar-refractivity contribution in [1.82, 2.24) is 19.9 Å². The Labute approximate surface area is 182 Å². The molecule has 0 saturated carbocycles. The number of carbonyl (C=O) groups excluding carboxylic acids is 3. The van der Waals surface area contributed by atoms with E-state index in [0.717, 1.165) is 0 Å². The number of ether oxygens (including phenoxy) is 1. The number of carbonyl (C=O) groups is 3. The maximum Gasteiger partial charge on any atom is 0.414 e. The third-order valence-electron chi connectivity index (χ3n) is 4.73.